The molecule has 2 heterocycles. The van der Waals surface area contributed by atoms with Crippen molar-refractivity contribution in [3.8, 4) is 0 Å². The topological polar surface area (TPSA) is 75.6 Å². The Labute approximate surface area is 119 Å². The molecule has 20 heavy (non-hydrogen) atoms. The average Bonchev–Trinajstić information content (AvgIpc) is 2.48. The first kappa shape index (κ1) is 14.2. The monoisotopic (exact) mass is 272 g/mol. The lowest BCUT2D eigenvalue weighted by molar-refractivity contribution is 0.772. The lowest BCUT2D eigenvalue weighted by atomic mass is 10.2. The van der Waals surface area contributed by atoms with Crippen LogP contribution in [0.3, 0.4) is 0 Å². The van der Waals surface area contributed by atoms with Crippen molar-refractivity contribution in [2.45, 2.75) is 26.2 Å². The third kappa shape index (κ3) is 4.46. The summed E-state index contributed by atoms with van der Waals surface area (Å²) in [5.41, 5.74) is 0. The molecule has 2 N–H and O–H groups in total. The van der Waals surface area contributed by atoms with E-state index >= 15 is 0 Å². The molecule has 0 aromatic carbocycles. The van der Waals surface area contributed by atoms with Gasteiger partial charge in [-0.1, -0.05) is 13.8 Å². The second kappa shape index (κ2) is 7.37. The smallest absolute Gasteiger partial charge is 0.222 e. The maximum absolute atomic E-state index is 4.46. The standard InChI is InChI=1S/C14H20N6/c1-11(2)13-16-10-5-12(20-13)15-6-3-7-17-14-18-8-4-9-19-14/h4-5,8-11H,3,6-7H2,1-2H3,(H,15,16,20)(H,17,18,19). The van der Waals surface area contributed by atoms with Gasteiger partial charge >= 0.3 is 0 Å². The van der Waals surface area contributed by atoms with Crippen LogP contribution >= 0.6 is 0 Å². The number of nitrogens with one attached hydrogen (secondary N) is 2. The molecule has 0 spiro atoms. The van der Waals surface area contributed by atoms with E-state index in [9.17, 15) is 0 Å². The lowest BCUT2D eigenvalue weighted by Gasteiger charge is -2.08. The van der Waals surface area contributed by atoms with E-state index in [0.717, 1.165) is 31.2 Å². The van der Waals surface area contributed by atoms with Gasteiger partial charge in [-0.3, -0.25) is 0 Å². The molecule has 0 bridgehead atoms. The summed E-state index contributed by atoms with van der Waals surface area (Å²) in [4.78, 5) is 16.9. The molecule has 2 rings (SSSR count). The highest BCUT2D eigenvalue weighted by molar-refractivity contribution is 5.33. The minimum Gasteiger partial charge on any atom is -0.370 e. The predicted molar refractivity (Wildman–Crippen MR) is 79.7 cm³/mol. The highest BCUT2D eigenvalue weighted by Gasteiger charge is 2.03. The first-order valence-corrected chi connectivity index (χ1v) is 6.83. The molecular weight excluding hydrogens is 252 g/mol. The van der Waals surface area contributed by atoms with Gasteiger partial charge in [0.05, 0.1) is 0 Å². The molecular formula is C14H20N6. The normalized spacial score (nSPS) is 10.6. The summed E-state index contributed by atoms with van der Waals surface area (Å²) >= 11 is 0. The Morgan fingerprint density at radius 2 is 1.75 bits per heavy atom. The Kier molecular flexibility index (Phi) is 5.23. The van der Waals surface area contributed by atoms with E-state index in [1.165, 1.54) is 0 Å². The third-order valence-electron chi connectivity index (χ3n) is 2.70. The van der Waals surface area contributed by atoms with E-state index in [-0.39, 0.29) is 0 Å². The van der Waals surface area contributed by atoms with Gasteiger partial charge in [-0.25, -0.2) is 19.9 Å². The Bertz CT molecular complexity index is 514. The Morgan fingerprint density at radius 1 is 1.00 bits per heavy atom. The minimum absolute atomic E-state index is 0.341. The molecule has 0 aliphatic heterocycles. The van der Waals surface area contributed by atoms with Gasteiger partial charge in [-0.2, -0.15) is 0 Å². The van der Waals surface area contributed by atoms with Crippen molar-refractivity contribution in [3.63, 3.8) is 0 Å². The van der Waals surface area contributed by atoms with Gasteiger partial charge in [0.15, 0.2) is 0 Å². The zero-order chi connectivity index (χ0) is 14.2. The molecule has 2 aromatic heterocycles. The number of aromatic nitrogens is 4. The third-order valence-corrected chi connectivity index (χ3v) is 2.70. The van der Waals surface area contributed by atoms with Crippen molar-refractivity contribution in [3.05, 3.63) is 36.5 Å². The fourth-order valence-electron chi connectivity index (χ4n) is 1.65. The Balaban J connectivity index is 1.69. The van der Waals surface area contributed by atoms with Crippen LogP contribution in [0.25, 0.3) is 0 Å². The van der Waals surface area contributed by atoms with Gasteiger partial charge in [0, 0.05) is 37.6 Å². The van der Waals surface area contributed by atoms with Crippen LogP contribution in [0.1, 0.15) is 32.0 Å². The van der Waals surface area contributed by atoms with Crippen molar-refractivity contribution >= 4 is 11.8 Å². The van der Waals surface area contributed by atoms with E-state index < -0.39 is 0 Å². The molecule has 0 saturated carbocycles. The largest absolute Gasteiger partial charge is 0.370 e. The quantitative estimate of drug-likeness (QED) is 0.753. The van der Waals surface area contributed by atoms with E-state index in [2.05, 4.69) is 44.4 Å². The Morgan fingerprint density at radius 3 is 2.50 bits per heavy atom. The fourth-order valence-corrected chi connectivity index (χ4v) is 1.65. The summed E-state index contributed by atoms with van der Waals surface area (Å²) in [6, 6.07) is 3.69. The lowest BCUT2D eigenvalue weighted by Crippen LogP contribution is -2.12. The van der Waals surface area contributed by atoms with E-state index in [1.54, 1.807) is 24.7 Å². The van der Waals surface area contributed by atoms with Gasteiger partial charge in [-0.05, 0) is 18.6 Å². The van der Waals surface area contributed by atoms with Crippen LogP contribution in [0.4, 0.5) is 11.8 Å². The summed E-state index contributed by atoms with van der Waals surface area (Å²) in [5, 5.41) is 6.46. The SMILES string of the molecule is CC(C)c1nccc(NCCCNc2ncccn2)n1. The van der Waals surface area contributed by atoms with E-state index in [0.29, 0.717) is 11.9 Å². The summed E-state index contributed by atoms with van der Waals surface area (Å²) in [6.07, 6.45) is 6.20. The van der Waals surface area contributed by atoms with Gasteiger partial charge in [0.25, 0.3) is 0 Å². The molecule has 0 atom stereocenters. The van der Waals surface area contributed by atoms with Crippen molar-refractivity contribution in [2.75, 3.05) is 23.7 Å². The molecule has 0 fully saturated rings. The van der Waals surface area contributed by atoms with Crippen LogP contribution in [-0.2, 0) is 0 Å². The molecule has 0 amide bonds. The van der Waals surface area contributed by atoms with Crippen LogP contribution in [0.2, 0.25) is 0 Å². The van der Waals surface area contributed by atoms with E-state index in [1.807, 2.05) is 6.07 Å². The average molecular weight is 272 g/mol. The number of anilines is 2. The van der Waals surface area contributed by atoms with Crippen LogP contribution in [0.5, 0.6) is 0 Å². The number of nitrogens with zero attached hydrogens (tertiary/aromatic N) is 4. The van der Waals surface area contributed by atoms with Crippen molar-refractivity contribution < 1.29 is 0 Å². The zero-order valence-corrected chi connectivity index (χ0v) is 11.9. The van der Waals surface area contributed by atoms with Crippen molar-refractivity contribution in [2.24, 2.45) is 0 Å². The molecule has 0 aliphatic carbocycles. The van der Waals surface area contributed by atoms with Gasteiger partial charge < -0.3 is 10.6 Å². The number of rotatable bonds is 7. The van der Waals surface area contributed by atoms with E-state index in [4.69, 9.17) is 0 Å². The van der Waals surface area contributed by atoms with Crippen molar-refractivity contribution in [1.82, 2.24) is 19.9 Å². The summed E-state index contributed by atoms with van der Waals surface area (Å²) in [7, 11) is 0. The highest BCUT2D eigenvalue weighted by Crippen LogP contribution is 2.10. The summed E-state index contributed by atoms with van der Waals surface area (Å²) < 4.78 is 0. The molecule has 2 aromatic rings. The molecule has 106 valence electrons. The second-order valence-electron chi connectivity index (χ2n) is 4.73. The maximum atomic E-state index is 4.46. The Hall–Kier alpha value is -2.24. The zero-order valence-electron chi connectivity index (χ0n) is 11.9. The summed E-state index contributed by atoms with van der Waals surface area (Å²) in [6.45, 7) is 5.83. The minimum atomic E-state index is 0.341. The van der Waals surface area contributed by atoms with Crippen LogP contribution in [0.15, 0.2) is 30.7 Å². The summed E-state index contributed by atoms with van der Waals surface area (Å²) in [5.74, 6) is 2.75. The predicted octanol–water partition coefficient (Wildman–Crippen LogP) is 2.30. The molecule has 0 unspecified atom stereocenters. The number of hydrogen-bond acceptors (Lipinski definition) is 6. The van der Waals surface area contributed by atoms with Crippen LogP contribution < -0.4 is 10.6 Å². The molecule has 0 radical (unpaired) electrons. The maximum Gasteiger partial charge on any atom is 0.222 e. The molecule has 0 saturated heterocycles. The number of hydrogen-bond donors (Lipinski definition) is 2. The van der Waals surface area contributed by atoms with Gasteiger partial charge in [0.1, 0.15) is 11.6 Å². The van der Waals surface area contributed by atoms with Crippen LogP contribution in [0, 0.1) is 0 Å². The molecule has 0 aliphatic rings. The first-order chi connectivity index (χ1) is 9.75. The second-order valence-corrected chi connectivity index (χ2v) is 4.73. The van der Waals surface area contributed by atoms with Crippen LogP contribution in [-0.4, -0.2) is 33.0 Å². The fraction of sp³-hybridized carbons (Fsp3) is 0.429. The first-order valence-electron chi connectivity index (χ1n) is 6.83. The highest BCUT2D eigenvalue weighted by atomic mass is 15.1. The van der Waals surface area contributed by atoms with Gasteiger partial charge in [0.2, 0.25) is 5.95 Å². The molecule has 6 nitrogen and oxygen atoms in total. The van der Waals surface area contributed by atoms with Gasteiger partial charge in [-0.15, -0.1) is 0 Å². The molecule has 6 heteroatoms. The van der Waals surface area contributed by atoms with Crippen molar-refractivity contribution in [1.29, 1.82) is 0 Å².